The smallest absolute Gasteiger partial charge is 2.00 e. The second kappa shape index (κ2) is 21.1. The van der Waals surface area contributed by atoms with Crippen LogP contribution in [0.5, 0.6) is 0 Å². The second-order valence-electron chi connectivity index (χ2n) is 0. The Morgan fingerprint density at radius 1 is 1.00 bits per heavy atom. The summed E-state index contributed by atoms with van der Waals surface area (Å²) in [6.45, 7) is 0. The summed E-state index contributed by atoms with van der Waals surface area (Å²) in [6, 6.07) is 0. The van der Waals surface area contributed by atoms with Gasteiger partial charge in [0, 0.05) is 0 Å². The fourth-order valence-electron chi connectivity index (χ4n) is 0. The van der Waals surface area contributed by atoms with Crippen molar-refractivity contribution in [2.75, 3.05) is 0 Å². The summed E-state index contributed by atoms with van der Waals surface area (Å²) in [5.74, 6) is 0. The van der Waals surface area contributed by atoms with Crippen molar-refractivity contribution in [3.63, 3.8) is 0 Å². The third-order valence-electron chi connectivity index (χ3n) is 0. The quantitative estimate of drug-likeness (QED) is 0.446. The van der Waals surface area contributed by atoms with Crippen molar-refractivity contribution in [2.24, 2.45) is 0 Å². The van der Waals surface area contributed by atoms with Gasteiger partial charge in [0.05, 0.1) is 0 Å². The number of rotatable bonds is 0. The molecule has 0 heterocycles. The average molecular weight is 205 g/mol. The van der Waals surface area contributed by atoms with Crippen molar-refractivity contribution in [1.82, 2.24) is 0 Å². The molecule has 4 heavy (non-hydrogen) atoms. The molecule has 0 amide bonds. The molecule has 2 nitrogen and oxygen atoms in total. The molecule has 0 aliphatic heterocycles. The molecular weight excluding hydrogens is 201 g/mol. The first-order chi connectivity index (χ1) is 0. The molecule has 0 aliphatic carbocycles. The van der Waals surface area contributed by atoms with Gasteiger partial charge in [0.1, 0.15) is 0 Å². The van der Waals surface area contributed by atoms with E-state index in [1.807, 2.05) is 0 Å². The summed E-state index contributed by atoms with van der Waals surface area (Å²) in [5, 5.41) is 0. The van der Waals surface area contributed by atoms with Crippen LogP contribution in [0.4, 0.5) is 0 Å². The van der Waals surface area contributed by atoms with Crippen LogP contribution in [-0.2, 0) is 5.48 Å². The normalized spacial score (nSPS) is 0. The Labute approximate surface area is 72.1 Å². The van der Waals surface area contributed by atoms with Gasteiger partial charge in [-0.25, -0.2) is 0 Å². The van der Waals surface area contributed by atoms with E-state index < -0.39 is 0 Å². The minimum Gasteiger partial charge on any atom is -2.00 e. The molecule has 2 N–H and O–H groups in total. The average Bonchev–Trinajstić information content (AvgIpc) is 0. The van der Waals surface area contributed by atoms with E-state index in [0.29, 0.717) is 0 Å². The third-order valence-corrected chi connectivity index (χ3v) is 0. The molecule has 4 heteroatoms. The molecule has 0 radical (unpaired) electrons. The molecule has 24 valence electrons. The zero-order chi connectivity index (χ0) is 0. The minimum absolute atomic E-state index is 0. The Morgan fingerprint density at radius 2 is 1.00 bits per heavy atom. The molecular formula is H4BaO2S. The van der Waals surface area contributed by atoms with Gasteiger partial charge in [0.15, 0.2) is 0 Å². The van der Waals surface area contributed by atoms with Gasteiger partial charge in [0.25, 0.3) is 0 Å². The zero-order valence-corrected chi connectivity index (χ0v) is 7.56. The van der Waals surface area contributed by atoms with E-state index in [0.717, 1.165) is 0 Å². The van der Waals surface area contributed by atoms with Gasteiger partial charge in [0.2, 0.25) is 0 Å². The van der Waals surface area contributed by atoms with Crippen molar-refractivity contribution in [3.8, 4) is 0 Å². The molecule has 0 aromatic carbocycles. The molecule has 0 atom stereocenters. The van der Waals surface area contributed by atoms with Gasteiger partial charge >= 0.3 is 48.9 Å². The molecule has 0 aromatic rings. The minimum atomic E-state index is 0. The Balaban J connectivity index is 0. The van der Waals surface area contributed by atoms with Crippen LogP contribution >= 0.6 is 13.5 Å². The van der Waals surface area contributed by atoms with Gasteiger partial charge in [-0.2, -0.15) is 13.5 Å². The fraction of sp³-hybridized carbons (Fsp3) is 0. The maximum atomic E-state index is 0. The van der Waals surface area contributed by atoms with Crippen molar-refractivity contribution in [2.45, 2.75) is 0 Å². The number of hydrogen-bond acceptors (Lipinski definition) is 0. The first-order valence-corrected chi connectivity index (χ1v) is 0. The van der Waals surface area contributed by atoms with E-state index in [2.05, 4.69) is 0 Å². The molecule has 0 saturated heterocycles. The van der Waals surface area contributed by atoms with Crippen molar-refractivity contribution in [1.29, 1.82) is 0 Å². The Morgan fingerprint density at radius 3 is 1.00 bits per heavy atom. The van der Waals surface area contributed by atoms with Gasteiger partial charge < -0.3 is 11.0 Å². The van der Waals surface area contributed by atoms with E-state index in [4.69, 9.17) is 0 Å². The predicted molar refractivity (Wildman–Crippen MR) is 20.4 cm³/mol. The number of hydrogen-bond donors (Lipinski definition) is 0. The van der Waals surface area contributed by atoms with Crippen LogP contribution in [0.1, 0.15) is 0 Å². The SMILES string of the molecule is O.S.[Ba+2].[O-2]. The summed E-state index contributed by atoms with van der Waals surface area (Å²) < 4.78 is 0. The summed E-state index contributed by atoms with van der Waals surface area (Å²) in [7, 11) is 0. The van der Waals surface area contributed by atoms with E-state index in [1.54, 1.807) is 0 Å². The van der Waals surface area contributed by atoms with Gasteiger partial charge in [-0.15, -0.1) is 0 Å². The summed E-state index contributed by atoms with van der Waals surface area (Å²) in [4.78, 5) is 0. The third kappa shape index (κ3) is 9.15. The van der Waals surface area contributed by atoms with E-state index >= 15 is 0 Å². The van der Waals surface area contributed by atoms with Crippen LogP contribution in [0, 0.1) is 0 Å². The fourth-order valence-corrected chi connectivity index (χ4v) is 0. The predicted octanol–water partition coefficient (Wildman–Crippen LogP) is -1.21. The second-order valence-corrected chi connectivity index (χ2v) is 0. The summed E-state index contributed by atoms with van der Waals surface area (Å²) >= 11 is 0. The largest absolute Gasteiger partial charge is 2.00 e. The Hall–Kier alpha value is 1.84. The molecule has 0 bridgehead atoms. The van der Waals surface area contributed by atoms with Crippen molar-refractivity contribution in [3.05, 3.63) is 0 Å². The summed E-state index contributed by atoms with van der Waals surface area (Å²) in [6.07, 6.45) is 0. The molecule has 0 aliphatic rings. The van der Waals surface area contributed by atoms with Crippen molar-refractivity contribution < 1.29 is 11.0 Å². The van der Waals surface area contributed by atoms with Crippen LogP contribution in [0.2, 0.25) is 0 Å². The van der Waals surface area contributed by atoms with Crippen molar-refractivity contribution >= 4 is 62.4 Å². The maximum absolute atomic E-state index is 0. The first-order valence-electron chi connectivity index (χ1n) is 0. The van der Waals surface area contributed by atoms with Crippen LogP contribution in [-0.4, -0.2) is 54.4 Å². The van der Waals surface area contributed by atoms with E-state index in [-0.39, 0.29) is 73.3 Å². The van der Waals surface area contributed by atoms with E-state index in [9.17, 15) is 0 Å². The monoisotopic (exact) mass is 206 g/mol. The Bertz CT molecular complexity index is 6.00. The molecule has 0 rings (SSSR count). The maximum Gasteiger partial charge on any atom is 2.00 e. The van der Waals surface area contributed by atoms with Crippen LogP contribution in [0.3, 0.4) is 0 Å². The molecule has 0 unspecified atom stereocenters. The van der Waals surface area contributed by atoms with Crippen LogP contribution < -0.4 is 0 Å². The first kappa shape index (κ1) is 40.4. The Kier molecular flexibility index (Phi) is 213. The van der Waals surface area contributed by atoms with Gasteiger partial charge in [-0.3, -0.25) is 0 Å². The molecule has 0 aromatic heterocycles. The molecule has 0 saturated carbocycles. The molecule has 0 spiro atoms. The molecule has 0 fully saturated rings. The summed E-state index contributed by atoms with van der Waals surface area (Å²) in [5.41, 5.74) is 0. The zero-order valence-electron chi connectivity index (χ0n) is 2.12. The van der Waals surface area contributed by atoms with E-state index in [1.165, 1.54) is 0 Å². The van der Waals surface area contributed by atoms with Crippen LogP contribution in [0.25, 0.3) is 0 Å². The van der Waals surface area contributed by atoms with Gasteiger partial charge in [-0.05, 0) is 0 Å². The van der Waals surface area contributed by atoms with Gasteiger partial charge in [-0.1, -0.05) is 0 Å². The topological polar surface area (TPSA) is 60.0 Å². The van der Waals surface area contributed by atoms with Crippen LogP contribution in [0.15, 0.2) is 0 Å². The standard InChI is InChI=1S/Ba.H2O.O.H2S/h;1H2;;1H2/q+2;;-2;.